The van der Waals surface area contributed by atoms with E-state index in [9.17, 15) is 20.1 Å². The molecular weight excluding hydrogens is 571 g/mol. The van der Waals surface area contributed by atoms with Gasteiger partial charge < -0.3 is 74.9 Å². The molecule has 1 aliphatic heterocycles. The number of aromatic amines is 1. The molecule has 1 aliphatic rings. The van der Waals surface area contributed by atoms with Gasteiger partial charge in [-0.2, -0.15) is 9.97 Å². The van der Waals surface area contributed by atoms with Crippen molar-refractivity contribution in [3.63, 3.8) is 0 Å². The van der Waals surface area contributed by atoms with Crippen molar-refractivity contribution in [2.75, 3.05) is 12.3 Å². The molecule has 0 aliphatic carbocycles. The summed E-state index contributed by atoms with van der Waals surface area (Å²) in [7, 11) is -13.9. The van der Waals surface area contributed by atoms with Gasteiger partial charge in [-0.15, -0.1) is 0 Å². The molecule has 3 heterocycles. The SMILES string of the molecule is Nc1nc2c(nc(O)n2[C@@H]2O[C@H](CO)[C@@H](O)[C@H]2O)c(=O)[nH]1.O=P(O)(O)O.O=P(O)(O)O.O=P(O)(O)O. The molecule has 1 fully saturated rings. The zero-order chi connectivity index (χ0) is 28.8. The zero-order valence-electron chi connectivity index (χ0n) is 17.1. The second-order valence-electron chi connectivity index (χ2n) is 6.17. The number of anilines is 1. The fourth-order valence-electron chi connectivity index (χ4n) is 2.32. The normalized spacial score (nSPS) is 22.0. The Balaban J connectivity index is 0.000000672. The van der Waals surface area contributed by atoms with Gasteiger partial charge >= 0.3 is 23.5 Å². The van der Waals surface area contributed by atoms with Crippen LogP contribution in [0.2, 0.25) is 0 Å². The van der Waals surface area contributed by atoms with E-state index in [1.54, 1.807) is 0 Å². The second-order valence-corrected chi connectivity index (χ2v) is 9.25. The Morgan fingerprint density at radius 3 is 1.67 bits per heavy atom. The van der Waals surface area contributed by atoms with Crippen molar-refractivity contribution in [3.8, 4) is 6.01 Å². The van der Waals surface area contributed by atoms with E-state index in [0.29, 0.717) is 0 Å². The highest BCUT2D eigenvalue weighted by molar-refractivity contribution is 7.45. The molecule has 0 radical (unpaired) electrons. The summed E-state index contributed by atoms with van der Waals surface area (Å²) in [6, 6.07) is -0.636. The number of imidazole rings is 1. The van der Waals surface area contributed by atoms with E-state index >= 15 is 0 Å². The Kier molecular flexibility index (Phi) is 12.4. The maximum Gasteiger partial charge on any atom is 0.466 e. The topological polar surface area (TPSA) is 413 Å². The number of aromatic nitrogens is 4. The fraction of sp³-hybridized carbons (Fsp3) is 0.500. The molecule has 0 aromatic carbocycles. The van der Waals surface area contributed by atoms with Gasteiger partial charge in [0.2, 0.25) is 5.95 Å². The van der Waals surface area contributed by atoms with E-state index in [4.69, 9.17) is 73.3 Å². The average molecular weight is 593 g/mol. The summed E-state index contributed by atoms with van der Waals surface area (Å²) >= 11 is 0. The van der Waals surface area contributed by atoms with Crippen LogP contribution in [0.15, 0.2) is 4.79 Å². The predicted octanol–water partition coefficient (Wildman–Crippen LogP) is -5.77. The molecule has 210 valence electrons. The first kappa shape index (κ1) is 34.1. The monoisotopic (exact) mass is 593 g/mol. The van der Waals surface area contributed by atoms with Crippen molar-refractivity contribution in [2.45, 2.75) is 24.5 Å². The van der Waals surface area contributed by atoms with Crippen molar-refractivity contribution in [1.82, 2.24) is 19.5 Å². The number of aliphatic hydroxyl groups is 3. The molecule has 0 saturated carbocycles. The largest absolute Gasteiger partial charge is 0.480 e. The Bertz CT molecular complexity index is 1130. The molecule has 4 atom stereocenters. The third-order valence-electron chi connectivity index (χ3n) is 3.32. The summed E-state index contributed by atoms with van der Waals surface area (Å²) in [4.78, 5) is 86.1. The number of nitrogens with two attached hydrogens (primary N) is 1. The quantitative estimate of drug-likeness (QED) is 0.144. The number of hydrogen-bond acceptors (Lipinski definition) is 12. The van der Waals surface area contributed by atoms with Gasteiger partial charge in [-0.1, -0.05) is 0 Å². The molecule has 16 N–H and O–H groups in total. The molecular formula is C10H22N5O18P3. The highest BCUT2D eigenvalue weighted by Crippen LogP contribution is 2.34. The molecule has 0 spiro atoms. The van der Waals surface area contributed by atoms with E-state index in [2.05, 4.69) is 15.0 Å². The van der Waals surface area contributed by atoms with Crippen LogP contribution in [0.5, 0.6) is 6.01 Å². The summed E-state index contributed by atoms with van der Waals surface area (Å²) in [5, 5.41) is 38.6. The van der Waals surface area contributed by atoms with Gasteiger partial charge in [-0.25, -0.2) is 18.3 Å². The number of aromatic hydroxyl groups is 1. The number of phosphoric acid groups is 3. The van der Waals surface area contributed by atoms with E-state index in [0.717, 1.165) is 4.57 Å². The van der Waals surface area contributed by atoms with Crippen LogP contribution in [-0.2, 0) is 18.4 Å². The van der Waals surface area contributed by atoms with Crippen LogP contribution in [0.25, 0.3) is 11.2 Å². The van der Waals surface area contributed by atoms with Crippen molar-refractivity contribution in [1.29, 1.82) is 0 Å². The lowest BCUT2D eigenvalue weighted by atomic mass is 10.1. The van der Waals surface area contributed by atoms with Crippen LogP contribution in [0.3, 0.4) is 0 Å². The summed E-state index contributed by atoms with van der Waals surface area (Å²) in [5.41, 5.74) is 4.46. The minimum atomic E-state index is -4.64. The predicted molar refractivity (Wildman–Crippen MR) is 110 cm³/mol. The molecule has 0 amide bonds. The lowest BCUT2D eigenvalue weighted by Gasteiger charge is -2.17. The standard InChI is InChI=1S/C10H13N5O6.3H3O4P/c11-9-13-6-3(7(19)14-9)12-10(20)15(6)8-5(18)4(17)2(1-16)21-8;3*1-5(2,3)4/h2,4-5,8,16-18H,1H2,(H,12,20)(H3,11,13,14,19);3*(H3,1,2,3,4)/t2-,4-,5-,8-;;;/m1.../s1. The lowest BCUT2D eigenvalue weighted by Crippen LogP contribution is -2.33. The summed E-state index contributed by atoms with van der Waals surface area (Å²) in [6.07, 6.45) is -5.12. The van der Waals surface area contributed by atoms with Crippen LogP contribution < -0.4 is 11.3 Å². The zero-order valence-corrected chi connectivity index (χ0v) is 19.8. The number of ether oxygens (including phenoxy) is 1. The molecule has 2 aromatic heterocycles. The molecule has 2 aromatic rings. The Hall–Kier alpha value is -1.88. The minimum absolute atomic E-state index is 0.108. The number of nitrogen functional groups attached to an aromatic ring is 1. The van der Waals surface area contributed by atoms with Gasteiger partial charge in [-0.3, -0.25) is 9.78 Å². The second kappa shape index (κ2) is 13.1. The first-order valence-electron chi connectivity index (χ1n) is 8.38. The van der Waals surface area contributed by atoms with Crippen LogP contribution >= 0.6 is 23.5 Å². The highest BCUT2D eigenvalue weighted by Gasteiger charge is 2.45. The van der Waals surface area contributed by atoms with Crippen LogP contribution in [-0.4, -0.2) is 109 Å². The molecule has 0 unspecified atom stereocenters. The highest BCUT2D eigenvalue weighted by atomic mass is 31.2. The van der Waals surface area contributed by atoms with E-state index < -0.39 is 66.2 Å². The Morgan fingerprint density at radius 1 is 0.889 bits per heavy atom. The maximum atomic E-state index is 11.7. The number of aliphatic hydroxyl groups excluding tert-OH is 3. The summed E-state index contributed by atoms with van der Waals surface area (Å²) in [6.45, 7) is -0.529. The first-order chi connectivity index (χ1) is 15.9. The third kappa shape index (κ3) is 13.4. The van der Waals surface area contributed by atoms with Crippen LogP contribution in [0.1, 0.15) is 6.23 Å². The third-order valence-corrected chi connectivity index (χ3v) is 3.32. The lowest BCUT2D eigenvalue weighted by molar-refractivity contribution is -0.0537. The number of hydrogen-bond donors (Lipinski definition) is 15. The van der Waals surface area contributed by atoms with Gasteiger partial charge in [0.15, 0.2) is 17.4 Å². The van der Waals surface area contributed by atoms with E-state index in [-0.39, 0.29) is 17.1 Å². The molecule has 23 nitrogen and oxygen atoms in total. The molecule has 0 bridgehead atoms. The van der Waals surface area contributed by atoms with Crippen molar-refractivity contribution >= 4 is 40.6 Å². The van der Waals surface area contributed by atoms with Crippen molar-refractivity contribution in [3.05, 3.63) is 10.4 Å². The van der Waals surface area contributed by atoms with E-state index in [1.165, 1.54) is 0 Å². The number of fused-ring (bicyclic) bond motifs is 1. The number of nitrogens with one attached hydrogen (secondary N) is 1. The fourth-order valence-corrected chi connectivity index (χ4v) is 2.32. The number of rotatable bonds is 2. The van der Waals surface area contributed by atoms with E-state index in [1.807, 2.05) is 0 Å². The Morgan fingerprint density at radius 2 is 1.31 bits per heavy atom. The number of H-pyrrole nitrogens is 1. The number of nitrogens with zero attached hydrogens (tertiary/aromatic N) is 3. The van der Waals surface area contributed by atoms with Crippen molar-refractivity contribution < 1.29 is 82.9 Å². The van der Waals surface area contributed by atoms with Gasteiger partial charge in [0.1, 0.15) is 18.3 Å². The summed E-state index contributed by atoms with van der Waals surface area (Å²) < 4.78 is 32.8. The average Bonchev–Trinajstić information content (AvgIpc) is 3.07. The smallest absolute Gasteiger partial charge is 0.466 e. The molecule has 36 heavy (non-hydrogen) atoms. The molecule has 3 rings (SSSR count). The van der Waals surface area contributed by atoms with Gasteiger partial charge in [0.05, 0.1) is 6.61 Å². The maximum absolute atomic E-state index is 11.7. The van der Waals surface area contributed by atoms with Crippen LogP contribution in [0.4, 0.5) is 5.95 Å². The summed E-state index contributed by atoms with van der Waals surface area (Å²) in [5.74, 6) is -0.208. The minimum Gasteiger partial charge on any atom is -0.480 e. The molecule has 26 heteroatoms. The van der Waals surface area contributed by atoms with Gasteiger partial charge in [0.25, 0.3) is 11.6 Å². The Labute approximate surface area is 197 Å². The first-order valence-corrected chi connectivity index (χ1v) is 13.1. The van der Waals surface area contributed by atoms with Gasteiger partial charge in [-0.05, 0) is 0 Å². The molecule has 1 saturated heterocycles. The van der Waals surface area contributed by atoms with Crippen LogP contribution in [0, 0.1) is 0 Å². The van der Waals surface area contributed by atoms with Gasteiger partial charge in [0, 0.05) is 0 Å². The van der Waals surface area contributed by atoms with Crippen molar-refractivity contribution in [2.24, 2.45) is 0 Å².